The van der Waals surface area contributed by atoms with Crippen molar-refractivity contribution in [1.29, 1.82) is 0 Å². The second-order valence-electron chi connectivity index (χ2n) is 5.80. The average molecular weight is 334 g/mol. The number of carbonyl (C=O) groups is 2. The van der Waals surface area contributed by atoms with E-state index < -0.39 is 0 Å². The molecule has 2 heterocycles. The van der Waals surface area contributed by atoms with Gasteiger partial charge >= 0.3 is 0 Å². The van der Waals surface area contributed by atoms with E-state index in [2.05, 4.69) is 5.32 Å². The Balaban J connectivity index is 1.45. The maximum Gasteiger partial charge on any atom is 0.260 e. The predicted molar refractivity (Wildman–Crippen MR) is 86.9 cm³/mol. The number of hydrogen-bond acceptors (Lipinski definition) is 5. The highest BCUT2D eigenvalue weighted by Crippen LogP contribution is 2.18. The summed E-state index contributed by atoms with van der Waals surface area (Å²) in [4.78, 5) is 25.7. The molecule has 2 amide bonds. The fourth-order valence-corrected chi connectivity index (χ4v) is 2.69. The first kappa shape index (κ1) is 16.7. The molecule has 2 aliphatic rings. The van der Waals surface area contributed by atoms with Crippen LogP contribution in [0.15, 0.2) is 24.3 Å². The Hall–Kier alpha value is -2.12. The molecule has 0 bridgehead atoms. The van der Waals surface area contributed by atoms with Gasteiger partial charge in [-0.3, -0.25) is 9.59 Å². The van der Waals surface area contributed by atoms with Gasteiger partial charge in [0.05, 0.1) is 13.2 Å². The third-order valence-corrected chi connectivity index (χ3v) is 4.07. The highest BCUT2D eigenvalue weighted by atomic mass is 16.5. The van der Waals surface area contributed by atoms with Gasteiger partial charge in [0.15, 0.2) is 6.61 Å². The zero-order chi connectivity index (χ0) is 16.8. The summed E-state index contributed by atoms with van der Waals surface area (Å²) in [5.74, 6) is 0.421. The minimum absolute atomic E-state index is 0.00161. The van der Waals surface area contributed by atoms with Crippen molar-refractivity contribution < 1.29 is 23.8 Å². The number of nitrogens with one attached hydrogen (secondary N) is 1. The predicted octanol–water partition coefficient (Wildman–Crippen LogP) is 1.04. The molecule has 1 N–H and O–H groups in total. The summed E-state index contributed by atoms with van der Waals surface area (Å²) in [7, 11) is 0. The van der Waals surface area contributed by atoms with E-state index >= 15 is 0 Å². The Morgan fingerprint density at radius 2 is 1.92 bits per heavy atom. The molecule has 2 aliphatic heterocycles. The third-order valence-electron chi connectivity index (χ3n) is 4.07. The van der Waals surface area contributed by atoms with E-state index in [1.54, 1.807) is 29.2 Å². The minimum Gasteiger partial charge on any atom is -0.484 e. The molecule has 1 aromatic carbocycles. The number of anilines is 1. The zero-order valence-corrected chi connectivity index (χ0v) is 13.5. The van der Waals surface area contributed by atoms with Crippen LogP contribution in [0, 0.1) is 0 Å². The van der Waals surface area contributed by atoms with E-state index in [-0.39, 0.29) is 24.5 Å². The molecule has 1 unspecified atom stereocenters. The fraction of sp³-hybridized carbons (Fsp3) is 0.529. The maximum absolute atomic E-state index is 12.0. The summed E-state index contributed by atoms with van der Waals surface area (Å²) in [6.07, 6.45) is 1.32. The normalized spacial score (nSPS) is 20.7. The van der Waals surface area contributed by atoms with Crippen LogP contribution in [0.2, 0.25) is 0 Å². The van der Waals surface area contributed by atoms with Gasteiger partial charge in [-0.05, 0) is 37.1 Å². The smallest absolute Gasteiger partial charge is 0.260 e. The van der Waals surface area contributed by atoms with Gasteiger partial charge in [0, 0.05) is 25.4 Å². The second kappa shape index (κ2) is 8.12. The SMILES string of the molecule is O=C(Nc1ccc(OCC(=O)N2CCOCC2)cc1)C1CCCO1. The molecular weight excluding hydrogens is 312 g/mol. The molecule has 1 atom stereocenters. The fourth-order valence-electron chi connectivity index (χ4n) is 2.69. The Labute approximate surface area is 140 Å². The van der Waals surface area contributed by atoms with E-state index in [0.717, 1.165) is 12.8 Å². The van der Waals surface area contributed by atoms with Gasteiger partial charge in [-0.1, -0.05) is 0 Å². The minimum atomic E-state index is -0.355. The number of hydrogen-bond donors (Lipinski definition) is 1. The number of amides is 2. The van der Waals surface area contributed by atoms with Crippen LogP contribution in [0.5, 0.6) is 5.75 Å². The van der Waals surface area contributed by atoms with Crippen LogP contribution in [0.3, 0.4) is 0 Å². The third kappa shape index (κ3) is 4.46. The molecule has 0 aliphatic carbocycles. The molecule has 1 aromatic rings. The number of ether oxygens (including phenoxy) is 3. The topological polar surface area (TPSA) is 77.1 Å². The largest absolute Gasteiger partial charge is 0.484 e. The molecule has 3 rings (SSSR count). The van der Waals surface area contributed by atoms with Gasteiger partial charge < -0.3 is 24.4 Å². The molecule has 130 valence electrons. The highest BCUT2D eigenvalue weighted by molar-refractivity contribution is 5.94. The molecular formula is C17H22N2O5. The van der Waals surface area contributed by atoms with Gasteiger partial charge in [-0.15, -0.1) is 0 Å². The average Bonchev–Trinajstić information content (AvgIpc) is 3.16. The number of carbonyl (C=O) groups excluding carboxylic acids is 2. The van der Waals surface area contributed by atoms with Crippen LogP contribution in [0.25, 0.3) is 0 Å². The molecule has 0 saturated carbocycles. The van der Waals surface area contributed by atoms with Crippen LogP contribution >= 0.6 is 0 Å². The number of rotatable bonds is 5. The summed E-state index contributed by atoms with van der Waals surface area (Å²) >= 11 is 0. The molecule has 0 aromatic heterocycles. The Morgan fingerprint density at radius 3 is 2.58 bits per heavy atom. The van der Waals surface area contributed by atoms with Crippen molar-refractivity contribution >= 4 is 17.5 Å². The van der Waals surface area contributed by atoms with Crippen molar-refractivity contribution in [2.24, 2.45) is 0 Å². The lowest BCUT2D eigenvalue weighted by Crippen LogP contribution is -2.42. The van der Waals surface area contributed by atoms with E-state index in [0.29, 0.717) is 44.3 Å². The van der Waals surface area contributed by atoms with Crippen LogP contribution in [0.1, 0.15) is 12.8 Å². The van der Waals surface area contributed by atoms with E-state index in [1.165, 1.54) is 0 Å². The van der Waals surface area contributed by atoms with Crippen LogP contribution in [0.4, 0.5) is 5.69 Å². The van der Waals surface area contributed by atoms with E-state index in [1.807, 2.05) is 0 Å². The van der Waals surface area contributed by atoms with Gasteiger partial charge in [-0.2, -0.15) is 0 Å². The first-order valence-corrected chi connectivity index (χ1v) is 8.23. The van der Waals surface area contributed by atoms with Crippen molar-refractivity contribution in [3.8, 4) is 5.75 Å². The summed E-state index contributed by atoms with van der Waals surface area (Å²) in [6, 6.07) is 6.97. The first-order chi connectivity index (χ1) is 11.7. The Kier molecular flexibility index (Phi) is 5.66. The second-order valence-corrected chi connectivity index (χ2v) is 5.80. The lowest BCUT2D eigenvalue weighted by molar-refractivity contribution is -0.137. The number of nitrogens with zero attached hydrogens (tertiary/aromatic N) is 1. The van der Waals surface area contributed by atoms with Crippen molar-refractivity contribution in [1.82, 2.24) is 4.90 Å². The van der Waals surface area contributed by atoms with E-state index in [4.69, 9.17) is 14.2 Å². The Morgan fingerprint density at radius 1 is 1.17 bits per heavy atom. The monoisotopic (exact) mass is 334 g/mol. The van der Waals surface area contributed by atoms with Crippen LogP contribution in [-0.2, 0) is 19.1 Å². The Bertz CT molecular complexity index is 563. The van der Waals surface area contributed by atoms with Crippen molar-refractivity contribution in [3.05, 3.63) is 24.3 Å². The van der Waals surface area contributed by atoms with Gasteiger partial charge in [0.1, 0.15) is 11.9 Å². The van der Waals surface area contributed by atoms with E-state index in [9.17, 15) is 9.59 Å². The molecule has 0 radical (unpaired) electrons. The van der Waals surface area contributed by atoms with Gasteiger partial charge in [0.25, 0.3) is 11.8 Å². The van der Waals surface area contributed by atoms with Gasteiger partial charge in [-0.25, -0.2) is 0 Å². The van der Waals surface area contributed by atoms with Crippen LogP contribution in [-0.4, -0.2) is 62.3 Å². The summed E-state index contributed by atoms with van der Waals surface area (Å²) < 4.78 is 16.1. The molecule has 0 spiro atoms. The number of benzene rings is 1. The lowest BCUT2D eigenvalue weighted by atomic mass is 10.2. The van der Waals surface area contributed by atoms with Crippen LogP contribution < -0.4 is 10.1 Å². The highest BCUT2D eigenvalue weighted by Gasteiger charge is 2.23. The molecule has 7 nitrogen and oxygen atoms in total. The molecule has 7 heteroatoms. The number of morpholine rings is 1. The van der Waals surface area contributed by atoms with Gasteiger partial charge in [0.2, 0.25) is 0 Å². The summed E-state index contributed by atoms with van der Waals surface area (Å²) in [6.45, 7) is 3.01. The standard InChI is InChI=1S/C17H22N2O5/c20-16(19-7-10-22-11-8-19)12-24-14-5-3-13(4-6-14)18-17(21)15-2-1-9-23-15/h3-6,15H,1-2,7-12H2,(H,18,21). The molecule has 2 saturated heterocycles. The van der Waals surface area contributed by atoms with Crippen molar-refractivity contribution in [3.63, 3.8) is 0 Å². The maximum atomic E-state index is 12.0. The summed E-state index contributed by atoms with van der Waals surface area (Å²) in [5, 5.41) is 2.82. The lowest BCUT2D eigenvalue weighted by Gasteiger charge is -2.26. The quantitative estimate of drug-likeness (QED) is 0.871. The van der Waals surface area contributed by atoms with Crippen molar-refractivity contribution in [2.45, 2.75) is 18.9 Å². The zero-order valence-electron chi connectivity index (χ0n) is 13.5. The molecule has 24 heavy (non-hydrogen) atoms. The first-order valence-electron chi connectivity index (χ1n) is 8.23. The molecule has 2 fully saturated rings. The summed E-state index contributed by atoms with van der Waals surface area (Å²) in [5.41, 5.74) is 0.683. The van der Waals surface area contributed by atoms with Crippen molar-refractivity contribution in [2.75, 3.05) is 44.8 Å².